The van der Waals surface area contributed by atoms with Crippen molar-refractivity contribution in [2.24, 2.45) is 0 Å². The van der Waals surface area contributed by atoms with Gasteiger partial charge < -0.3 is 10.1 Å². The minimum Gasteiger partial charge on any atom is -0.484 e. The minimum atomic E-state index is -0.0669. The number of benzene rings is 1. The number of thiophene rings is 1. The van der Waals surface area contributed by atoms with E-state index in [1.165, 1.54) is 24.1 Å². The quantitative estimate of drug-likeness (QED) is 0.796. The Kier molecular flexibility index (Phi) is 6.69. The molecule has 2 aromatic rings. The third-order valence-electron chi connectivity index (χ3n) is 4.76. The second-order valence-electron chi connectivity index (χ2n) is 7.04. The largest absolute Gasteiger partial charge is 0.484 e. The predicted octanol–water partition coefficient (Wildman–Crippen LogP) is 4.09. The average molecular weight is 373 g/mol. The van der Waals surface area contributed by atoms with Crippen LogP contribution in [0.5, 0.6) is 5.75 Å². The van der Waals surface area contributed by atoms with Gasteiger partial charge in [-0.3, -0.25) is 9.69 Å². The van der Waals surface area contributed by atoms with Gasteiger partial charge in [0.05, 0.1) is 6.04 Å². The zero-order valence-electron chi connectivity index (χ0n) is 15.7. The summed E-state index contributed by atoms with van der Waals surface area (Å²) in [4.78, 5) is 16.1. The van der Waals surface area contributed by atoms with Crippen molar-refractivity contribution >= 4 is 17.2 Å². The van der Waals surface area contributed by atoms with Crippen LogP contribution in [0.3, 0.4) is 0 Å². The standard InChI is InChI=1S/C21H28N2O2S/c1-16-11-17(2)13-18(12-16)25-15-21(24)22-14-19(20-7-6-10-26-20)23-8-4-3-5-9-23/h6-7,10-13,19H,3-5,8-9,14-15H2,1-2H3,(H,22,24). The molecule has 2 heterocycles. The fourth-order valence-electron chi connectivity index (χ4n) is 3.55. The number of hydrogen-bond donors (Lipinski definition) is 1. The Balaban J connectivity index is 1.53. The first-order chi connectivity index (χ1) is 12.6. The van der Waals surface area contributed by atoms with Gasteiger partial charge in [0.25, 0.3) is 5.91 Å². The van der Waals surface area contributed by atoms with Crippen molar-refractivity contribution in [2.75, 3.05) is 26.2 Å². The van der Waals surface area contributed by atoms with Gasteiger partial charge >= 0.3 is 0 Å². The van der Waals surface area contributed by atoms with Crippen LogP contribution in [-0.2, 0) is 4.79 Å². The molecule has 1 fully saturated rings. The van der Waals surface area contributed by atoms with Crippen LogP contribution in [0.25, 0.3) is 0 Å². The molecule has 1 unspecified atom stereocenters. The van der Waals surface area contributed by atoms with Crippen LogP contribution < -0.4 is 10.1 Å². The fourth-order valence-corrected chi connectivity index (χ4v) is 4.41. The Bertz CT molecular complexity index is 689. The molecule has 1 aromatic carbocycles. The molecule has 1 amide bonds. The van der Waals surface area contributed by atoms with E-state index in [0.717, 1.165) is 30.0 Å². The van der Waals surface area contributed by atoms with Crippen molar-refractivity contribution in [3.63, 3.8) is 0 Å². The van der Waals surface area contributed by atoms with Crippen molar-refractivity contribution in [3.8, 4) is 5.75 Å². The number of amides is 1. The van der Waals surface area contributed by atoms with Gasteiger partial charge in [-0.1, -0.05) is 18.6 Å². The summed E-state index contributed by atoms with van der Waals surface area (Å²) in [5, 5.41) is 5.18. The first-order valence-corrected chi connectivity index (χ1v) is 10.2. The summed E-state index contributed by atoms with van der Waals surface area (Å²) in [6.07, 6.45) is 3.79. The molecule has 0 bridgehead atoms. The van der Waals surface area contributed by atoms with Gasteiger partial charge in [0.1, 0.15) is 5.75 Å². The minimum absolute atomic E-state index is 0.0556. The smallest absolute Gasteiger partial charge is 0.258 e. The molecular formula is C21H28N2O2S. The number of aryl methyl sites for hydroxylation is 2. The summed E-state index contributed by atoms with van der Waals surface area (Å²) in [6.45, 7) is 6.97. The number of carbonyl (C=O) groups is 1. The normalized spacial score (nSPS) is 16.2. The first kappa shape index (κ1) is 18.9. The van der Waals surface area contributed by atoms with Crippen LogP contribution in [0.15, 0.2) is 35.7 Å². The Morgan fingerprint density at radius 2 is 1.92 bits per heavy atom. The lowest BCUT2D eigenvalue weighted by Crippen LogP contribution is -2.41. The first-order valence-electron chi connectivity index (χ1n) is 9.37. The van der Waals surface area contributed by atoms with E-state index in [0.29, 0.717) is 6.54 Å². The molecule has 1 aliphatic rings. The van der Waals surface area contributed by atoms with Crippen molar-refractivity contribution in [1.29, 1.82) is 0 Å². The Labute approximate surface area is 160 Å². The molecule has 0 spiro atoms. The van der Waals surface area contributed by atoms with Crippen molar-refractivity contribution in [2.45, 2.75) is 39.2 Å². The number of piperidine rings is 1. The number of carbonyl (C=O) groups excluding carboxylic acids is 1. The highest BCUT2D eigenvalue weighted by atomic mass is 32.1. The second kappa shape index (κ2) is 9.19. The number of ether oxygens (including phenoxy) is 1. The van der Waals surface area contributed by atoms with Gasteiger partial charge in [0, 0.05) is 11.4 Å². The van der Waals surface area contributed by atoms with Crippen LogP contribution in [0, 0.1) is 13.8 Å². The van der Waals surface area contributed by atoms with Gasteiger partial charge in [-0.25, -0.2) is 0 Å². The molecule has 5 heteroatoms. The summed E-state index contributed by atoms with van der Waals surface area (Å²) in [5.41, 5.74) is 2.28. The number of nitrogens with one attached hydrogen (secondary N) is 1. The van der Waals surface area contributed by atoms with Gasteiger partial charge in [-0.15, -0.1) is 11.3 Å². The zero-order chi connectivity index (χ0) is 18.4. The molecule has 0 aliphatic carbocycles. The Morgan fingerprint density at radius 3 is 2.58 bits per heavy atom. The molecule has 1 atom stereocenters. The van der Waals surface area contributed by atoms with E-state index in [4.69, 9.17) is 4.74 Å². The fraction of sp³-hybridized carbons (Fsp3) is 0.476. The maximum atomic E-state index is 12.3. The zero-order valence-corrected chi connectivity index (χ0v) is 16.5. The molecule has 26 heavy (non-hydrogen) atoms. The maximum Gasteiger partial charge on any atom is 0.258 e. The van der Waals surface area contributed by atoms with Gasteiger partial charge in [0.15, 0.2) is 6.61 Å². The van der Waals surface area contributed by atoms with E-state index in [1.54, 1.807) is 11.3 Å². The number of rotatable bonds is 7. The molecular weight excluding hydrogens is 344 g/mol. The predicted molar refractivity (Wildman–Crippen MR) is 107 cm³/mol. The molecule has 1 aliphatic heterocycles. The summed E-state index contributed by atoms with van der Waals surface area (Å²) in [7, 11) is 0. The second-order valence-corrected chi connectivity index (χ2v) is 8.02. The van der Waals surface area contributed by atoms with E-state index in [2.05, 4.69) is 33.8 Å². The molecule has 3 rings (SSSR count). The van der Waals surface area contributed by atoms with E-state index >= 15 is 0 Å². The van der Waals surface area contributed by atoms with E-state index < -0.39 is 0 Å². The monoisotopic (exact) mass is 372 g/mol. The third kappa shape index (κ3) is 5.32. The van der Waals surface area contributed by atoms with Crippen LogP contribution in [0.1, 0.15) is 41.3 Å². The lowest BCUT2D eigenvalue weighted by Gasteiger charge is -2.34. The topological polar surface area (TPSA) is 41.6 Å². The summed E-state index contributed by atoms with van der Waals surface area (Å²) < 4.78 is 5.67. The molecule has 0 radical (unpaired) electrons. The van der Waals surface area contributed by atoms with Crippen molar-refractivity contribution < 1.29 is 9.53 Å². The average Bonchev–Trinajstić information content (AvgIpc) is 3.15. The van der Waals surface area contributed by atoms with Crippen molar-refractivity contribution in [3.05, 3.63) is 51.7 Å². The van der Waals surface area contributed by atoms with Gasteiger partial charge in [0.2, 0.25) is 0 Å². The third-order valence-corrected chi connectivity index (χ3v) is 5.73. The molecule has 0 saturated carbocycles. The number of nitrogens with zero attached hydrogens (tertiary/aromatic N) is 1. The van der Waals surface area contributed by atoms with Crippen LogP contribution >= 0.6 is 11.3 Å². The van der Waals surface area contributed by atoms with Crippen LogP contribution in [0.2, 0.25) is 0 Å². The summed E-state index contributed by atoms with van der Waals surface area (Å²) >= 11 is 1.77. The highest BCUT2D eigenvalue weighted by Crippen LogP contribution is 2.27. The molecule has 4 nitrogen and oxygen atoms in total. The van der Waals surface area contributed by atoms with E-state index in [1.807, 2.05) is 26.0 Å². The molecule has 140 valence electrons. The van der Waals surface area contributed by atoms with Crippen LogP contribution in [-0.4, -0.2) is 37.0 Å². The highest BCUT2D eigenvalue weighted by molar-refractivity contribution is 7.10. The SMILES string of the molecule is Cc1cc(C)cc(OCC(=O)NCC(c2cccs2)N2CCCCC2)c1. The molecule has 1 saturated heterocycles. The lowest BCUT2D eigenvalue weighted by atomic mass is 10.1. The van der Waals surface area contributed by atoms with Crippen LogP contribution in [0.4, 0.5) is 0 Å². The lowest BCUT2D eigenvalue weighted by molar-refractivity contribution is -0.123. The van der Waals surface area contributed by atoms with Gasteiger partial charge in [-0.05, 0) is 74.5 Å². The Hall–Kier alpha value is -1.85. The Morgan fingerprint density at radius 1 is 1.19 bits per heavy atom. The highest BCUT2D eigenvalue weighted by Gasteiger charge is 2.23. The van der Waals surface area contributed by atoms with E-state index in [-0.39, 0.29) is 18.6 Å². The summed E-state index contributed by atoms with van der Waals surface area (Å²) in [6, 6.07) is 10.5. The molecule has 1 N–H and O–H groups in total. The van der Waals surface area contributed by atoms with Gasteiger partial charge in [-0.2, -0.15) is 0 Å². The van der Waals surface area contributed by atoms with Crippen molar-refractivity contribution in [1.82, 2.24) is 10.2 Å². The summed E-state index contributed by atoms with van der Waals surface area (Å²) in [5.74, 6) is 0.686. The molecule has 1 aromatic heterocycles. The maximum absolute atomic E-state index is 12.3. The number of hydrogen-bond acceptors (Lipinski definition) is 4. The number of likely N-dealkylation sites (tertiary alicyclic amines) is 1. The van der Waals surface area contributed by atoms with E-state index in [9.17, 15) is 4.79 Å².